The Balaban J connectivity index is 0.674. The summed E-state index contributed by atoms with van der Waals surface area (Å²) in [5.41, 5.74) is 2.90. The topological polar surface area (TPSA) is 160 Å². The monoisotopic (exact) mass is 818 g/mol. The number of rotatable bonds is 10. The van der Waals surface area contributed by atoms with E-state index in [1.54, 1.807) is 6.33 Å². The molecule has 7 heterocycles. The van der Waals surface area contributed by atoms with Crippen molar-refractivity contribution in [2.75, 3.05) is 75.2 Å². The van der Waals surface area contributed by atoms with Crippen molar-refractivity contribution in [2.45, 2.75) is 69.9 Å². The smallest absolute Gasteiger partial charge is 0.262 e. The third kappa shape index (κ3) is 7.59. The number of nitrogens with zero attached hydrogens (tertiary/aromatic N) is 8. The molecule has 5 fully saturated rings. The fraction of sp³-hybridized carbons (Fsp3) is 0.523. The van der Waals surface area contributed by atoms with E-state index in [4.69, 9.17) is 4.74 Å². The van der Waals surface area contributed by atoms with Crippen molar-refractivity contribution in [1.29, 1.82) is 0 Å². The number of anilines is 2. The molecular formula is C44H51FN10O5. The molecule has 6 aliphatic rings. The summed E-state index contributed by atoms with van der Waals surface area (Å²) in [7, 11) is 0. The summed E-state index contributed by atoms with van der Waals surface area (Å²) in [6.07, 6.45) is 7.96. The van der Waals surface area contributed by atoms with E-state index >= 15 is 4.39 Å². The molecule has 314 valence electrons. The van der Waals surface area contributed by atoms with Gasteiger partial charge in [-0.25, -0.2) is 14.4 Å². The number of amides is 4. The third-order valence-corrected chi connectivity index (χ3v) is 13.6. The molecule has 4 saturated heterocycles. The van der Waals surface area contributed by atoms with Crippen molar-refractivity contribution in [3.05, 3.63) is 59.7 Å². The largest absolute Gasteiger partial charge is 0.488 e. The van der Waals surface area contributed by atoms with E-state index in [9.17, 15) is 19.2 Å². The van der Waals surface area contributed by atoms with Crippen molar-refractivity contribution in [3.8, 4) is 17.1 Å². The molecule has 0 bridgehead atoms. The summed E-state index contributed by atoms with van der Waals surface area (Å²) in [5, 5.41) is 11.0. The van der Waals surface area contributed by atoms with Crippen LogP contribution in [0.4, 0.5) is 15.9 Å². The minimum absolute atomic E-state index is 0.0336. The van der Waals surface area contributed by atoms with Crippen molar-refractivity contribution in [2.24, 2.45) is 11.8 Å². The molecule has 4 amide bonds. The zero-order valence-corrected chi connectivity index (χ0v) is 34.0. The number of carbonyl (C=O) groups excluding carboxylic acids is 4. The number of halogens is 1. The minimum atomic E-state index is -1.08. The van der Waals surface area contributed by atoms with Gasteiger partial charge in [-0.1, -0.05) is 0 Å². The molecule has 0 radical (unpaired) electrons. The van der Waals surface area contributed by atoms with Gasteiger partial charge in [0.2, 0.25) is 11.8 Å². The zero-order valence-electron chi connectivity index (χ0n) is 34.0. The number of aromatic nitrogens is 4. The molecule has 2 N–H and O–H groups in total. The molecule has 1 unspecified atom stereocenters. The first-order chi connectivity index (χ1) is 29.1. The first-order valence-electron chi connectivity index (χ1n) is 21.6. The van der Waals surface area contributed by atoms with Gasteiger partial charge in [-0.2, -0.15) is 5.10 Å². The van der Waals surface area contributed by atoms with E-state index < -0.39 is 35.5 Å². The summed E-state index contributed by atoms with van der Waals surface area (Å²) < 4.78 is 21.7. The number of nitrogens with one attached hydrogen (secondary N) is 2. The Bertz CT molecular complexity index is 2340. The molecule has 10 rings (SSSR count). The second kappa shape index (κ2) is 15.5. The minimum Gasteiger partial charge on any atom is -0.488 e. The van der Waals surface area contributed by atoms with Gasteiger partial charge in [-0.15, -0.1) is 0 Å². The number of benzene rings is 2. The number of aromatic amines is 1. The molecule has 60 heavy (non-hydrogen) atoms. The fourth-order valence-electron chi connectivity index (χ4n) is 9.77. The van der Waals surface area contributed by atoms with Crippen molar-refractivity contribution >= 4 is 46.0 Å². The van der Waals surface area contributed by atoms with Crippen LogP contribution in [0.2, 0.25) is 0 Å². The van der Waals surface area contributed by atoms with Crippen molar-refractivity contribution < 1.29 is 28.3 Å². The van der Waals surface area contributed by atoms with Crippen LogP contribution in [0, 0.1) is 17.7 Å². The van der Waals surface area contributed by atoms with Crippen LogP contribution < -0.4 is 19.9 Å². The van der Waals surface area contributed by atoms with Crippen LogP contribution in [-0.4, -0.2) is 136 Å². The lowest BCUT2D eigenvalue weighted by Gasteiger charge is -2.41. The van der Waals surface area contributed by atoms with Gasteiger partial charge in [-0.3, -0.25) is 34.5 Å². The summed E-state index contributed by atoms with van der Waals surface area (Å²) in [4.78, 5) is 70.2. The lowest BCUT2D eigenvalue weighted by atomic mass is 9.94. The predicted octanol–water partition coefficient (Wildman–Crippen LogP) is 4.24. The Morgan fingerprint density at radius 1 is 0.783 bits per heavy atom. The van der Waals surface area contributed by atoms with Gasteiger partial charge in [0.1, 0.15) is 41.0 Å². The molecule has 1 aliphatic carbocycles. The maximum atomic E-state index is 15.5. The second-order valence-electron chi connectivity index (χ2n) is 17.9. The van der Waals surface area contributed by atoms with Gasteiger partial charge in [0, 0.05) is 83.3 Å². The normalized spacial score (nSPS) is 23.1. The summed E-state index contributed by atoms with van der Waals surface area (Å²) in [6.45, 7) is 11.7. The van der Waals surface area contributed by atoms with Gasteiger partial charge in [0.15, 0.2) is 0 Å². The zero-order chi connectivity index (χ0) is 41.1. The molecule has 1 saturated carbocycles. The first kappa shape index (κ1) is 38.7. The van der Waals surface area contributed by atoms with Crippen molar-refractivity contribution in [1.82, 2.24) is 40.2 Å². The number of imide groups is 2. The molecule has 1 atom stereocenters. The van der Waals surface area contributed by atoms with E-state index in [0.29, 0.717) is 30.6 Å². The van der Waals surface area contributed by atoms with E-state index in [-0.39, 0.29) is 29.6 Å². The number of carbonyl (C=O) groups is 4. The highest BCUT2D eigenvalue weighted by atomic mass is 19.1. The van der Waals surface area contributed by atoms with Crippen LogP contribution in [-0.2, 0) is 9.59 Å². The number of piperazine rings is 1. The Kier molecular flexibility index (Phi) is 10.0. The van der Waals surface area contributed by atoms with Crippen LogP contribution >= 0.6 is 0 Å². The number of hydrogen-bond acceptors (Lipinski definition) is 12. The highest BCUT2D eigenvalue weighted by Gasteiger charge is 2.45. The highest BCUT2D eigenvalue weighted by Crippen LogP contribution is 2.41. The summed E-state index contributed by atoms with van der Waals surface area (Å²) in [6, 6.07) is 9.67. The lowest BCUT2D eigenvalue weighted by molar-refractivity contribution is -0.136. The molecular weight excluding hydrogens is 768 g/mol. The maximum absolute atomic E-state index is 15.5. The van der Waals surface area contributed by atoms with Gasteiger partial charge >= 0.3 is 0 Å². The maximum Gasteiger partial charge on any atom is 0.262 e. The Morgan fingerprint density at radius 3 is 2.08 bits per heavy atom. The molecule has 4 aromatic rings. The summed E-state index contributed by atoms with van der Waals surface area (Å²) >= 11 is 0. The van der Waals surface area contributed by atoms with Gasteiger partial charge in [-0.05, 0) is 94.0 Å². The number of H-pyrrole nitrogens is 1. The van der Waals surface area contributed by atoms with Crippen LogP contribution in [0.5, 0.6) is 5.75 Å². The molecule has 15 nitrogen and oxygen atoms in total. The average Bonchev–Trinajstić information content (AvgIpc) is 3.74. The average molecular weight is 819 g/mol. The lowest BCUT2D eigenvalue weighted by Crippen LogP contribution is -2.54. The van der Waals surface area contributed by atoms with Crippen LogP contribution in [0.3, 0.4) is 0 Å². The molecule has 2 aromatic heterocycles. The van der Waals surface area contributed by atoms with Crippen LogP contribution in [0.15, 0.2) is 42.7 Å². The quantitative estimate of drug-likeness (QED) is 0.220. The van der Waals surface area contributed by atoms with Crippen molar-refractivity contribution in [3.63, 3.8) is 0 Å². The fourth-order valence-corrected chi connectivity index (χ4v) is 9.77. The molecule has 0 spiro atoms. The third-order valence-electron chi connectivity index (χ3n) is 13.6. The predicted molar refractivity (Wildman–Crippen MR) is 221 cm³/mol. The molecule has 5 aliphatic heterocycles. The second-order valence-corrected chi connectivity index (χ2v) is 17.9. The molecule has 2 aromatic carbocycles. The Hall–Kier alpha value is -5.48. The number of fused-ring (bicyclic) bond motifs is 2. The van der Waals surface area contributed by atoms with E-state index in [2.05, 4.69) is 59.2 Å². The van der Waals surface area contributed by atoms with Crippen LogP contribution in [0.1, 0.15) is 79.0 Å². The molecule has 16 heteroatoms. The highest BCUT2D eigenvalue weighted by molar-refractivity contribution is 6.23. The SMILES string of the molecule is CC1(Oc2ccc3[nH]nc(-c4cc(N5CCC(CN6CCN(CC7CCN(c8cc9c(cc8F)C(=O)N(C8CCC(=O)NC8=O)C9=O)CC7)CC6)CC5)ncn4)c3c2)CC1. The number of piperidine rings is 3. The Morgan fingerprint density at radius 2 is 1.43 bits per heavy atom. The Labute approximate surface area is 347 Å². The standard InChI is InChI=1S/C44H51FN10O5/c1-44(10-11-44)60-29-2-3-34-32(20-29)40(50-49-34)35-23-38(47-26-46-35)54-14-8-28(9-15-54)25-52-18-16-51(17-19-52)24-27-6-12-53(13-7-27)37-22-31-30(21-33(37)45)42(58)55(43(31)59)36-4-5-39(56)48-41(36)57/h2-3,20-23,26-28,36H,4-19,24-25H2,1H3,(H,49,50)(H,48,56,57). The van der Waals surface area contributed by atoms with E-state index in [0.717, 1.165) is 136 Å². The number of hydrogen-bond donors (Lipinski definition) is 2. The van der Waals surface area contributed by atoms with Gasteiger partial charge in [0.05, 0.1) is 28.0 Å². The van der Waals surface area contributed by atoms with Gasteiger partial charge in [0.25, 0.3) is 11.8 Å². The van der Waals surface area contributed by atoms with Crippen LogP contribution in [0.25, 0.3) is 22.3 Å². The number of ether oxygens (including phenoxy) is 1. The van der Waals surface area contributed by atoms with Gasteiger partial charge < -0.3 is 24.3 Å². The summed E-state index contributed by atoms with van der Waals surface area (Å²) in [5.74, 6) is -0.0426. The first-order valence-corrected chi connectivity index (χ1v) is 21.6. The van der Waals surface area contributed by atoms with E-state index in [1.165, 1.54) is 6.07 Å². The van der Waals surface area contributed by atoms with E-state index in [1.807, 2.05) is 17.0 Å².